The standard InChI is InChI=1S/C23H31N3O4/c1-22(2,3)15-19(18-13-12-16-10-8-9-11-17(16)14-18)26(30-20(27)24-7)25-21(28)29-23(4,5)6/h8-14,19H,7,15H2,1-6H3,(H,25,28)/t19-/m1/s1. The predicted octanol–water partition coefficient (Wildman–Crippen LogP) is 5.81. The van der Waals surface area contributed by atoms with Crippen LogP contribution in [0.4, 0.5) is 9.59 Å². The van der Waals surface area contributed by atoms with E-state index in [1.165, 1.54) is 0 Å². The Labute approximate surface area is 178 Å². The maximum Gasteiger partial charge on any atom is 0.453 e. The van der Waals surface area contributed by atoms with Crippen molar-refractivity contribution in [2.45, 2.75) is 59.6 Å². The van der Waals surface area contributed by atoms with Gasteiger partial charge < -0.3 is 9.57 Å². The van der Waals surface area contributed by atoms with Crippen molar-refractivity contribution in [3.8, 4) is 0 Å². The summed E-state index contributed by atoms with van der Waals surface area (Å²) in [7, 11) is 0. The molecule has 2 rings (SSSR count). The Morgan fingerprint density at radius 3 is 2.27 bits per heavy atom. The lowest BCUT2D eigenvalue weighted by atomic mass is 9.85. The van der Waals surface area contributed by atoms with Gasteiger partial charge in [-0.15, -0.1) is 0 Å². The zero-order valence-electron chi connectivity index (χ0n) is 18.6. The van der Waals surface area contributed by atoms with Crippen molar-refractivity contribution >= 4 is 29.7 Å². The lowest BCUT2D eigenvalue weighted by Crippen LogP contribution is -2.48. The molecule has 2 amide bonds. The van der Waals surface area contributed by atoms with Gasteiger partial charge in [0.25, 0.3) is 0 Å². The van der Waals surface area contributed by atoms with Gasteiger partial charge in [0.15, 0.2) is 0 Å². The highest BCUT2D eigenvalue weighted by Crippen LogP contribution is 2.35. The van der Waals surface area contributed by atoms with Crippen molar-refractivity contribution in [2.24, 2.45) is 10.4 Å². The second-order valence-electron chi connectivity index (χ2n) is 9.34. The van der Waals surface area contributed by atoms with Gasteiger partial charge in [-0.25, -0.2) is 15.0 Å². The van der Waals surface area contributed by atoms with E-state index in [1.807, 2.05) is 42.5 Å². The van der Waals surface area contributed by atoms with Gasteiger partial charge in [0.2, 0.25) is 0 Å². The number of carbonyl (C=O) groups is 2. The monoisotopic (exact) mass is 413 g/mol. The number of carbonyl (C=O) groups excluding carboxylic acids is 2. The first-order valence-corrected chi connectivity index (χ1v) is 9.84. The summed E-state index contributed by atoms with van der Waals surface area (Å²) in [6, 6.07) is 13.5. The zero-order valence-corrected chi connectivity index (χ0v) is 18.6. The molecule has 0 aliphatic carbocycles. The molecule has 0 fully saturated rings. The van der Waals surface area contributed by atoms with Crippen LogP contribution in [-0.4, -0.2) is 29.7 Å². The van der Waals surface area contributed by atoms with Crippen molar-refractivity contribution in [1.29, 1.82) is 0 Å². The molecule has 0 aromatic heterocycles. The lowest BCUT2D eigenvalue weighted by molar-refractivity contribution is -0.172. The minimum absolute atomic E-state index is 0.141. The number of amides is 2. The Balaban J connectivity index is 2.46. The highest BCUT2D eigenvalue weighted by atomic mass is 16.8. The molecule has 2 aromatic carbocycles. The van der Waals surface area contributed by atoms with Crippen molar-refractivity contribution in [3.05, 3.63) is 48.0 Å². The molecule has 7 heteroatoms. The number of nitrogens with one attached hydrogen (secondary N) is 1. The fourth-order valence-corrected chi connectivity index (χ4v) is 3.00. The first-order chi connectivity index (χ1) is 13.9. The minimum atomic E-state index is -0.925. The first-order valence-electron chi connectivity index (χ1n) is 9.84. The van der Waals surface area contributed by atoms with Crippen LogP contribution in [-0.2, 0) is 9.57 Å². The molecule has 0 spiro atoms. The molecular formula is C23H31N3O4. The fourth-order valence-electron chi connectivity index (χ4n) is 3.00. The quantitative estimate of drug-likeness (QED) is 0.494. The molecule has 1 atom stereocenters. The van der Waals surface area contributed by atoms with Crippen LogP contribution in [0.25, 0.3) is 10.8 Å². The minimum Gasteiger partial charge on any atom is -0.443 e. The van der Waals surface area contributed by atoms with Crippen LogP contribution in [0.2, 0.25) is 0 Å². The molecule has 162 valence electrons. The van der Waals surface area contributed by atoms with E-state index in [0.29, 0.717) is 6.42 Å². The first kappa shape index (κ1) is 23.3. The van der Waals surface area contributed by atoms with E-state index in [9.17, 15) is 9.59 Å². The van der Waals surface area contributed by atoms with Gasteiger partial charge in [-0.05, 0) is 66.9 Å². The van der Waals surface area contributed by atoms with Crippen LogP contribution in [0, 0.1) is 5.41 Å². The molecular weight excluding hydrogens is 382 g/mol. The van der Waals surface area contributed by atoms with Gasteiger partial charge in [0, 0.05) is 0 Å². The molecule has 0 saturated carbocycles. The van der Waals surface area contributed by atoms with Crippen molar-refractivity contribution in [2.75, 3.05) is 0 Å². The van der Waals surface area contributed by atoms with Gasteiger partial charge >= 0.3 is 12.2 Å². The summed E-state index contributed by atoms with van der Waals surface area (Å²) in [5.41, 5.74) is 2.57. The molecule has 0 unspecified atom stereocenters. The van der Waals surface area contributed by atoms with Crippen LogP contribution < -0.4 is 5.43 Å². The molecule has 0 radical (unpaired) electrons. The third-order valence-corrected chi connectivity index (χ3v) is 4.15. The van der Waals surface area contributed by atoms with Gasteiger partial charge in [-0.2, -0.15) is 4.99 Å². The molecule has 0 heterocycles. The summed E-state index contributed by atoms with van der Waals surface area (Å²) in [4.78, 5) is 33.0. The van der Waals surface area contributed by atoms with Crippen molar-refractivity contribution in [3.63, 3.8) is 0 Å². The Kier molecular flexibility index (Phi) is 7.21. The topological polar surface area (TPSA) is 80.2 Å². The number of hydrogen-bond acceptors (Lipinski definition) is 5. The number of rotatable bonds is 5. The number of hydroxylamine groups is 1. The van der Waals surface area contributed by atoms with Gasteiger partial charge in [0.1, 0.15) is 5.60 Å². The summed E-state index contributed by atoms with van der Waals surface area (Å²) in [6.07, 6.45) is -1.09. The van der Waals surface area contributed by atoms with Crippen molar-refractivity contribution < 1.29 is 19.2 Å². The van der Waals surface area contributed by atoms with Crippen LogP contribution in [0.1, 0.15) is 59.6 Å². The van der Waals surface area contributed by atoms with Gasteiger partial charge in [-0.3, -0.25) is 0 Å². The summed E-state index contributed by atoms with van der Waals surface area (Å²) >= 11 is 0. The van der Waals surface area contributed by atoms with E-state index in [4.69, 9.17) is 9.57 Å². The Morgan fingerprint density at radius 2 is 1.70 bits per heavy atom. The van der Waals surface area contributed by atoms with E-state index in [-0.39, 0.29) is 5.41 Å². The van der Waals surface area contributed by atoms with E-state index in [1.54, 1.807) is 20.8 Å². The van der Waals surface area contributed by atoms with E-state index in [2.05, 4.69) is 37.9 Å². The normalized spacial score (nSPS) is 13.0. The maximum atomic E-state index is 12.4. The molecule has 2 aromatic rings. The highest BCUT2D eigenvalue weighted by Gasteiger charge is 2.32. The smallest absolute Gasteiger partial charge is 0.443 e. The van der Waals surface area contributed by atoms with Gasteiger partial charge in [0.05, 0.1) is 6.04 Å². The second kappa shape index (κ2) is 9.26. The summed E-state index contributed by atoms with van der Waals surface area (Å²) in [6.45, 7) is 14.7. The number of aliphatic imine (C=N–C) groups is 1. The molecule has 0 bridgehead atoms. The third-order valence-electron chi connectivity index (χ3n) is 4.15. The average molecular weight is 414 g/mol. The van der Waals surface area contributed by atoms with Crippen LogP contribution in [0.3, 0.4) is 0 Å². The summed E-state index contributed by atoms with van der Waals surface area (Å²) < 4.78 is 5.34. The number of nitrogens with zero attached hydrogens (tertiary/aromatic N) is 2. The lowest BCUT2D eigenvalue weighted by Gasteiger charge is -2.34. The van der Waals surface area contributed by atoms with E-state index < -0.39 is 23.8 Å². The number of ether oxygens (including phenoxy) is 1. The molecule has 1 N–H and O–H groups in total. The number of hydrazine groups is 1. The number of hydrogen-bond donors (Lipinski definition) is 1. The van der Waals surface area contributed by atoms with Gasteiger partial charge in [-0.1, -0.05) is 57.2 Å². The summed E-state index contributed by atoms with van der Waals surface area (Å²) in [5.74, 6) is 0. The van der Waals surface area contributed by atoms with E-state index >= 15 is 0 Å². The molecule has 0 aliphatic rings. The second-order valence-corrected chi connectivity index (χ2v) is 9.34. The van der Waals surface area contributed by atoms with Crippen molar-refractivity contribution in [1.82, 2.24) is 10.6 Å². The predicted molar refractivity (Wildman–Crippen MR) is 118 cm³/mol. The average Bonchev–Trinajstić information content (AvgIpc) is 2.63. The molecule has 0 saturated heterocycles. The Morgan fingerprint density at radius 1 is 1.07 bits per heavy atom. The van der Waals surface area contributed by atoms with Crippen LogP contribution in [0.5, 0.6) is 0 Å². The highest BCUT2D eigenvalue weighted by molar-refractivity contribution is 5.83. The Hall–Kier alpha value is -2.93. The molecule has 0 aliphatic heterocycles. The fraction of sp³-hybridized carbons (Fsp3) is 0.435. The summed E-state index contributed by atoms with van der Waals surface area (Å²) in [5, 5.41) is 3.24. The third kappa shape index (κ3) is 7.15. The van der Waals surface area contributed by atoms with Crippen LogP contribution in [0.15, 0.2) is 47.5 Å². The zero-order chi connectivity index (χ0) is 22.5. The van der Waals surface area contributed by atoms with E-state index in [0.717, 1.165) is 21.5 Å². The maximum absolute atomic E-state index is 12.4. The number of fused-ring (bicyclic) bond motifs is 1. The Bertz CT molecular complexity index is 913. The molecule has 7 nitrogen and oxygen atoms in total. The molecule has 30 heavy (non-hydrogen) atoms. The van der Waals surface area contributed by atoms with Crippen LogP contribution >= 0.6 is 0 Å². The SMILES string of the molecule is C=NC(=O)ON(NC(=O)OC(C)(C)C)[C@H](CC(C)(C)C)c1ccc2ccccc2c1. The number of benzene rings is 2. The largest absolute Gasteiger partial charge is 0.453 e.